The quantitative estimate of drug-likeness (QED) is 0.604. The molecule has 24 heavy (non-hydrogen) atoms. The van der Waals surface area contributed by atoms with Crippen molar-refractivity contribution in [1.82, 2.24) is 0 Å². The maximum Gasteiger partial charge on any atom is 0.0783 e. The van der Waals surface area contributed by atoms with E-state index in [2.05, 4.69) is 72.1 Å². The van der Waals surface area contributed by atoms with Crippen molar-refractivity contribution in [3.63, 3.8) is 0 Å². The number of thiophene rings is 1. The molecule has 1 aliphatic carbocycles. The van der Waals surface area contributed by atoms with Crippen LogP contribution >= 0.6 is 11.3 Å². The highest BCUT2D eigenvalue weighted by Crippen LogP contribution is 2.35. The summed E-state index contributed by atoms with van der Waals surface area (Å²) in [5.41, 5.74) is 6.28. The van der Waals surface area contributed by atoms with E-state index in [1.807, 2.05) is 6.20 Å². The van der Waals surface area contributed by atoms with E-state index in [0.717, 1.165) is 11.8 Å². The first-order chi connectivity index (χ1) is 11.9. The van der Waals surface area contributed by atoms with Gasteiger partial charge in [0.05, 0.1) is 5.36 Å². The molecule has 3 aromatic rings. The predicted molar refractivity (Wildman–Crippen MR) is 103 cm³/mol. The number of benzene rings is 2. The molecule has 5 rings (SSSR count). The van der Waals surface area contributed by atoms with Gasteiger partial charge in [-0.3, -0.25) is 4.99 Å². The topological polar surface area (TPSA) is 12.4 Å². The Labute approximate surface area is 144 Å². The molecule has 0 fully saturated rings. The van der Waals surface area contributed by atoms with Gasteiger partial charge in [-0.25, -0.2) is 0 Å². The minimum absolute atomic E-state index is 0.977. The summed E-state index contributed by atoms with van der Waals surface area (Å²) in [5.74, 6) is 0. The van der Waals surface area contributed by atoms with E-state index < -0.39 is 0 Å². The molecule has 0 spiro atoms. The fraction of sp³-hybridized carbons (Fsp3) is 0.0455. The molecule has 2 aliphatic rings. The number of rotatable bonds is 1. The summed E-state index contributed by atoms with van der Waals surface area (Å²) in [4.78, 5) is 6.09. The normalized spacial score (nSPS) is 14.0. The smallest absolute Gasteiger partial charge is 0.0783 e. The van der Waals surface area contributed by atoms with Gasteiger partial charge < -0.3 is 0 Å². The lowest BCUT2D eigenvalue weighted by Crippen LogP contribution is -2.30. The van der Waals surface area contributed by atoms with E-state index in [1.54, 1.807) is 11.3 Å². The van der Waals surface area contributed by atoms with Gasteiger partial charge in [0, 0.05) is 21.9 Å². The molecular formula is C22H15NS. The van der Waals surface area contributed by atoms with Crippen LogP contribution in [0.3, 0.4) is 0 Å². The van der Waals surface area contributed by atoms with Crippen LogP contribution in [0.4, 0.5) is 0 Å². The molecule has 0 atom stereocenters. The highest BCUT2D eigenvalue weighted by Gasteiger charge is 2.15. The Morgan fingerprint density at radius 2 is 1.83 bits per heavy atom. The maximum atomic E-state index is 4.79. The molecule has 0 bridgehead atoms. The van der Waals surface area contributed by atoms with Gasteiger partial charge in [-0.05, 0) is 46.2 Å². The van der Waals surface area contributed by atoms with Crippen LogP contribution in [0, 0.1) is 0 Å². The van der Waals surface area contributed by atoms with Gasteiger partial charge in [0.25, 0.3) is 0 Å². The number of hydrogen-bond donors (Lipinski definition) is 0. The van der Waals surface area contributed by atoms with E-state index in [0.29, 0.717) is 0 Å². The highest BCUT2D eigenvalue weighted by atomic mass is 32.1. The second-order valence-electron chi connectivity index (χ2n) is 6.00. The Hall–Kier alpha value is -2.71. The van der Waals surface area contributed by atoms with Crippen molar-refractivity contribution in [3.05, 3.63) is 81.8 Å². The van der Waals surface area contributed by atoms with Gasteiger partial charge in [-0.15, -0.1) is 11.3 Å². The molecule has 1 nitrogen and oxygen atoms in total. The molecule has 1 aliphatic heterocycles. The van der Waals surface area contributed by atoms with Crippen LogP contribution in [0.5, 0.6) is 0 Å². The fourth-order valence-electron chi connectivity index (χ4n) is 3.53. The zero-order chi connectivity index (χ0) is 15.9. The summed E-state index contributed by atoms with van der Waals surface area (Å²) in [6, 6.07) is 15.3. The van der Waals surface area contributed by atoms with Crippen molar-refractivity contribution < 1.29 is 0 Å². The summed E-state index contributed by atoms with van der Waals surface area (Å²) < 4.78 is 0. The van der Waals surface area contributed by atoms with Crippen LogP contribution in [0.15, 0.2) is 65.1 Å². The molecule has 0 amide bonds. The van der Waals surface area contributed by atoms with Crippen LogP contribution in [-0.4, -0.2) is 0 Å². The Morgan fingerprint density at radius 1 is 0.875 bits per heavy atom. The molecule has 114 valence electrons. The van der Waals surface area contributed by atoms with E-state index in [4.69, 9.17) is 4.99 Å². The fourth-order valence-corrected chi connectivity index (χ4v) is 4.30. The van der Waals surface area contributed by atoms with Crippen LogP contribution in [-0.2, 0) is 0 Å². The summed E-state index contributed by atoms with van der Waals surface area (Å²) in [6.45, 7) is 0. The van der Waals surface area contributed by atoms with Gasteiger partial charge in [-0.2, -0.15) is 0 Å². The lowest BCUT2D eigenvalue weighted by Gasteiger charge is -2.12. The van der Waals surface area contributed by atoms with Crippen molar-refractivity contribution in [2.75, 3.05) is 0 Å². The van der Waals surface area contributed by atoms with Crippen molar-refractivity contribution >= 4 is 29.6 Å². The molecule has 2 heteroatoms. The second kappa shape index (κ2) is 5.43. The number of fused-ring (bicyclic) bond motifs is 5. The zero-order valence-corrected chi connectivity index (χ0v) is 13.9. The lowest BCUT2D eigenvalue weighted by molar-refractivity contribution is 1.28. The van der Waals surface area contributed by atoms with Gasteiger partial charge in [-0.1, -0.05) is 54.6 Å². The summed E-state index contributed by atoms with van der Waals surface area (Å²) in [7, 11) is 0. The molecule has 2 aromatic carbocycles. The Kier molecular flexibility index (Phi) is 3.10. The van der Waals surface area contributed by atoms with E-state index in [9.17, 15) is 0 Å². The lowest BCUT2D eigenvalue weighted by atomic mass is 9.92. The molecular weight excluding hydrogens is 310 g/mol. The van der Waals surface area contributed by atoms with Crippen LogP contribution < -0.4 is 10.6 Å². The molecule has 1 aromatic heterocycles. The first kappa shape index (κ1) is 13.7. The third-order valence-electron chi connectivity index (χ3n) is 4.63. The number of hydrogen-bond acceptors (Lipinski definition) is 2. The monoisotopic (exact) mass is 325 g/mol. The van der Waals surface area contributed by atoms with E-state index in [1.165, 1.54) is 37.9 Å². The van der Waals surface area contributed by atoms with Crippen molar-refractivity contribution in [3.8, 4) is 21.6 Å². The van der Waals surface area contributed by atoms with Gasteiger partial charge in [0.2, 0.25) is 0 Å². The molecule has 2 heterocycles. The SMILES string of the molecule is C1=Cc2ccc3c(c2=CC1)=NC=Cc1c(-c2cccs2)cccc1-3. The van der Waals surface area contributed by atoms with Crippen LogP contribution in [0.1, 0.15) is 17.5 Å². The summed E-state index contributed by atoms with van der Waals surface area (Å²) in [6.07, 6.45) is 11.8. The Bertz CT molecular complexity index is 1120. The predicted octanol–water partition coefficient (Wildman–Crippen LogP) is 4.88. The Morgan fingerprint density at radius 3 is 2.75 bits per heavy atom. The highest BCUT2D eigenvalue weighted by molar-refractivity contribution is 7.13. The van der Waals surface area contributed by atoms with Gasteiger partial charge in [0.15, 0.2) is 0 Å². The molecule has 0 saturated carbocycles. The Balaban J connectivity index is 1.85. The standard InChI is InChI=1S/C22H15NS/c1-2-6-16-15(5-1)10-11-20-17-7-3-8-19(21-9-4-14-24-21)18(17)12-13-23-22(16)20/h1,3-14H,2H2. The van der Waals surface area contributed by atoms with Crippen LogP contribution in [0.25, 0.3) is 39.8 Å². The van der Waals surface area contributed by atoms with E-state index >= 15 is 0 Å². The number of allylic oxidation sites excluding steroid dienone is 1. The average molecular weight is 325 g/mol. The summed E-state index contributed by atoms with van der Waals surface area (Å²) in [5, 5.41) is 4.48. The largest absolute Gasteiger partial charge is 0.256 e. The van der Waals surface area contributed by atoms with Crippen LogP contribution in [0.2, 0.25) is 0 Å². The average Bonchev–Trinajstić information content (AvgIpc) is 3.09. The molecule has 0 radical (unpaired) electrons. The minimum Gasteiger partial charge on any atom is -0.256 e. The molecule has 0 saturated heterocycles. The first-order valence-corrected chi connectivity index (χ1v) is 9.01. The molecule has 0 unspecified atom stereocenters. The van der Waals surface area contributed by atoms with Crippen molar-refractivity contribution in [2.45, 2.75) is 6.42 Å². The van der Waals surface area contributed by atoms with Crippen molar-refractivity contribution in [1.29, 1.82) is 0 Å². The minimum atomic E-state index is 0.977. The second-order valence-corrected chi connectivity index (χ2v) is 6.94. The summed E-state index contributed by atoms with van der Waals surface area (Å²) >= 11 is 1.78. The third-order valence-corrected chi connectivity index (χ3v) is 5.54. The number of nitrogens with zero attached hydrogens (tertiary/aromatic N) is 1. The molecule has 0 N–H and O–H groups in total. The zero-order valence-electron chi connectivity index (χ0n) is 13.1. The maximum absolute atomic E-state index is 4.79. The van der Waals surface area contributed by atoms with Gasteiger partial charge >= 0.3 is 0 Å². The first-order valence-electron chi connectivity index (χ1n) is 8.13. The van der Waals surface area contributed by atoms with E-state index in [-0.39, 0.29) is 0 Å². The van der Waals surface area contributed by atoms with Gasteiger partial charge in [0.1, 0.15) is 0 Å². The third kappa shape index (κ3) is 2.04. The van der Waals surface area contributed by atoms with Crippen molar-refractivity contribution in [2.24, 2.45) is 4.99 Å².